The summed E-state index contributed by atoms with van der Waals surface area (Å²) in [4.78, 5) is 12.1. The van der Waals surface area contributed by atoms with Crippen LogP contribution in [0.5, 0.6) is 5.75 Å². The molecule has 0 aliphatic carbocycles. The van der Waals surface area contributed by atoms with Crippen LogP contribution in [0.25, 0.3) is 5.69 Å². The third-order valence-electron chi connectivity index (χ3n) is 2.86. The molecule has 1 heterocycles. The Labute approximate surface area is 128 Å². The summed E-state index contributed by atoms with van der Waals surface area (Å²) in [5.41, 5.74) is 0.838. The van der Waals surface area contributed by atoms with Crippen LogP contribution in [-0.2, 0) is 0 Å². The van der Waals surface area contributed by atoms with Crippen LogP contribution in [0.3, 0.4) is 0 Å². The van der Waals surface area contributed by atoms with Crippen LogP contribution in [0.2, 0.25) is 0 Å². The molecule has 0 spiro atoms. The lowest BCUT2D eigenvalue weighted by Crippen LogP contribution is -2.24. The van der Waals surface area contributed by atoms with E-state index in [0.717, 1.165) is 6.42 Å². The van der Waals surface area contributed by atoms with Crippen molar-refractivity contribution in [3.05, 3.63) is 54.6 Å². The normalized spacial score (nSPS) is 10.3. The molecule has 0 aliphatic rings. The minimum atomic E-state index is -0.341. The number of rotatable bonds is 7. The van der Waals surface area contributed by atoms with Crippen LogP contribution in [0.4, 0.5) is 4.39 Å². The number of benzene rings is 1. The van der Waals surface area contributed by atoms with E-state index >= 15 is 0 Å². The summed E-state index contributed by atoms with van der Waals surface area (Å²) in [6.45, 7) is 6.35. The smallest absolute Gasteiger partial charge is 0.275 e. The van der Waals surface area contributed by atoms with Crippen LogP contribution in [0, 0.1) is 5.82 Å². The molecule has 116 valence electrons. The van der Waals surface area contributed by atoms with Crippen LogP contribution < -0.4 is 10.1 Å². The molecule has 0 atom stereocenters. The Morgan fingerprint density at radius 2 is 2.18 bits per heavy atom. The van der Waals surface area contributed by atoms with Crippen LogP contribution in [-0.4, -0.2) is 28.8 Å². The quantitative estimate of drug-likeness (QED) is 0.800. The van der Waals surface area contributed by atoms with Crippen LogP contribution in [0.1, 0.15) is 23.8 Å². The number of nitrogens with one attached hydrogen (secondary N) is 1. The van der Waals surface area contributed by atoms with E-state index in [1.54, 1.807) is 24.4 Å². The first-order valence-corrected chi connectivity index (χ1v) is 7.03. The van der Waals surface area contributed by atoms with Gasteiger partial charge in [0.25, 0.3) is 5.91 Å². The number of carbonyl (C=O) groups is 1. The van der Waals surface area contributed by atoms with Gasteiger partial charge in [-0.2, -0.15) is 5.10 Å². The van der Waals surface area contributed by atoms with Gasteiger partial charge in [-0.25, -0.2) is 9.07 Å². The number of hydrogen-bond donors (Lipinski definition) is 1. The summed E-state index contributed by atoms with van der Waals surface area (Å²) >= 11 is 0. The van der Waals surface area contributed by atoms with Crippen molar-refractivity contribution in [3.8, 4) is 11.4 Å². The SMILES string of the molecule is C=CCNC(=O)c1nn(-c2ccc(F)cc2)cc1OCCC. The molecule has 1 amide bonds. The molecule has 0 saturated carbocycles. The highest BCUT2D eigenvalue weighted by atomic mass is 19.1. The molecule has 1 aromatic heterocycles. The number of ether oxygens (including phenoxy) is 1. The van der Waals surface area contributed by atoms with Crippen molar-refractivity contribution in [2.45, 2.75) is 13.3 Å². The monoisotopic (exact) mass is 303 g/mol. The Morgan fingerprint density at radius 3 is 2.82 bits per heavy atom. The zero-order valence-corrected chi connectivity index (χ0v) is 12.4. The highest BCUT2D eigenvalue weighted by Gasteiger charge is 2.18. The van der Waals surface area contributed by atoms with Crippen LogP contribution >= 0.6 is 0 Å². The fourth-order valence-electron chi connectivity index (χ4n) is 1.81. The van der Waals surface area contributed by atoms with Gasteiger partial charge >= 0.3 is 0 Å². The molecule has 1 aromatic carbocycles. The molecule has 0 radical (unpaired) electrons. The second-order valence-electron chi connectivity index (χ2n) is 4.61. The lowest BCUT2D eigenvalue weighted by atomic mass is 10.3. The van der Waals surface area contributed by atoms with Gasteiger partial charge in [0, 0.05) is 6.54 Å². The van der Waals surface area contributed by atoms with Crippen molar-refractivity contribution in [2.75, 3.05) is 13.2 Å². The summed E-state index contributed by atoms with van der Waals surface area (Å²) in [6.07, 6.45) is 4.02. The number of halogens is 1. The topological polar surface area (TPSA) is 56.2 Å². The van der Waals surface area contributed by atoms with Gasteiger partial charge in [0.15, 0.2) is 11.4 Å². The van der Waals surface area contributed by atoms with Gasteiger partial charge in [-0.15, -0.1) is 6.58 Å². The summed E-state index contributed by atoms with van der Waals surface area (Å²) in [5.74, 6) is -0.276. The van der Waals surface area contributed by atoms with Gasteiger partial charge in [0.1, 0.15) is 5.82 Å². The molecule has 0 saturated heterocycles. The molecule has 0 unspecified atom stereocenters. The first kappa shape index (κ1) is 15.8. The highest BCUT2D eigenvalue weighted by molar-refractivity contribution is 5.95. The minimum absolute atomic E-state index is 0.194. The molecule has 22 heavy (non-hydrogen) atoms. The number of nitrogens with zero attached hydrogens (tertiary/aromatic N) is 2. The molecule has 1 N–H and O–H groups in total. The zero-order valence-electron chi connectivity index (χ0n) is 12.4. The molecule has 2 aromatic rings. The summed E-state index contributed by atoms with van der Waals surface area (Å²) < 4.78 is 20.1. The fraction of sp³-hybridized carbons (Fsp3) is 0.250. The summed E-state index contributed by atoms with van der Waals surface area (Å²) in [6, 6.07) is 5.83. The zero-order chi connectivity index (χ0) is 15.9. The minimum Gasteiger partial charge on any atom is -0.489 e. The van der Waals surface area contributed by atoms with Crippen molar-refractivity contribution >= 4 is 5.91 Å². The first-order valence-electron chi connectivity index (χ1n) is 7.03. The van der Waals surface area contributed by atoms with Gasteiger partial charge in [-0.05, 0) is 30.7 Å². The van der Waals surface area contributed by atoms with E-state index in [1.165, 1.54) is 16.8 Å². The van der Waals surface area contributed by atoms with E-state index in [2.05, 4.69) is 17.0 Å². The molecular weight excluding hydrogens is 285 g/mol. The maximum absolute atomic E-state index is 13.0. The van der Waals surface area contributed by atoms with Crippen molar-refractivity contribution < 1.29 is 13.9 Å². The average Bonchev–Trinajstić information content (AvgIpc) is 2.95. The van der Waals surface area contributed by atoms with Gasteiger partial charge in [-0.1, -0.05) is 13.0 Å². The molecule has 2 rings (SSSR count). The predicted octanol–water partition coefficient (Wildman–Crippen LogP) is 2.72. The Morgan fingerprint density at radius 1 is 1.45 bits per heavy atom. The molecular formula is C16H18FN3O2. The van der Waals surface area contributed by atoms with Crippen molar-refractivity contribution in [1.29, 1.82) is 0 Å². The average molecular weight is 303 g/mol. The lowest BCUT2D eigenvalue weighted by Gasteiger charge is -2.03. The van der Waals surface area contributed by atoms with Gasteiger partial charge < -0.3 is 10.1 Å². The largest absolute Gasteiger partial charge is 0.489 e. The Kier molecular flexibility index (Phi) is 5.30. The predicted molar refractivity (Wildman–Crippen MR) is 81.8 cm³/mol. The lowest BCUT2D eigenvalue weighted by molar-refractivity contribution is 0.0948. The second kappa shape index (κ2) is 7.40. The molecule has 5 nitrogen and oxygen atoms in total. The Hall–Kier alpha value is -2.63. The summed E-state index contributed by atoms with van der Waals surface area (Å²) in [7, 11) is 0. The van der Waals surface area contributed by atoms with Crippen molar-refractivity contribution in [3.63, 3.8) is 0 Å². The second-order valence-corrected chi connectivity index (χ2v) is 4.61. The fourth-order valence-corrected chi connectivity index (χ4v) is 1.81. The van der Waals surface area contributed by atoms with E-state index in [1.807, 2.05) is 6.92 Å². The third kappa shape index (κ3) is 3.72. The molecule has 0 aliphatic heterocycles. The third-order valence-corrected chi connectivity index (χ3v) is 2.86. The molecule has 0 bridgehead atoms. The number of carbonyl (C=O) groups excluding carboxylic acids is 1. The van der Waals surface area contributed by atoms with Crippen LogP contribution in [0.15, 0.2) is 43.1 Å². The molecule has 0 fully saturated rings. The van der Waals surface area contributed by atoms with E-state index in [-0.39, 0.29) is 17.4 Å². The Bertz CT molecular complexity index is 650. The van der Waals surface area contributed by atoms with E-state index in [4.69, 9.17) is 4.74 Å². The first-order chi connectivity index (χ1) is 10.7. The van der Waals surface area contributed by atoms with E-state index in [9.17, 15) is 9.18 Å². The molecule has 6 heteroatoms. The maximum Gasteiger partial charge on any atom is 0.275 e. The maximum atomic E-state index is 13.0. The number of aromatic nitrogens is 2. The standard InChI is InChI=1S/C16H18FN3O2/c1-3-9-18-16(21)15-14(22-10-4-2)11-20(19-15)13-7-5-12(17)6-8-13/h3,5-8,11H,1,4,9-10H2,2H3,(H,18,21). The Balaban J connectivity index is 2.32. The number of amides is 1. The highest BCUT2D eigenvalue weighted by Crippen LogP contribution is 2.20. The van der Waals surface area contributed by atoms with Crippen molar-refractivity contribution in [2.24, 2.45) is 0 Å². The number of hydrogen-bond acceptors (Lipinski definition) is 3. The van der Waals surface area contributed by atoms with Gasteiger partial charge in [0.2, 0.25) is 0 Å². The van der Waals surface area contributed by atoms with E-state index in [0.29, 0.717) is 24.6 Å². The van der Waals surface area contributed by atoms with Crippen molar-refractivity contribution in [1.82, 2.24) is 15.1 Å². The van der Waals surface area contributed by atoms with Gasteiger partial charge in [-0.3, -0.25) is 4.79 Å². The van der Waals surface area contributed by atoms with Gasteiger partial charge in [0.05, 0.1) is 18.5 Å². The summed E-state index contributed by atoms with van der Waals surface area (Å²) in [5, 5.41) is 6.91. The van der Waals surface area contributed by atoms with E-state index < -0.39 is 0 Å².